The molecule has 1 N–H and O–H groups in total. The molecule has 2 aliphatic rings. The molecule has 2 atom stereocenters. The lowest BCUT2D eigenvalue weighted by Gasteiger charge is -2.27. The number of halogens is 1. The SMILES string of the molecule is O=C(C1CCCCN1)N1CCC(CF)C1. The van der Waals surface area contributed by atoms with Crippen LogP contribution in [0.4, 0.5) is 4.39 Å². The summed E-state index contributed by atoms with van der Waals surface area (Å²) in [6.07, 6.45) is 4.06. The summed E-state index contributed by atoms with van der Waals surface area (Å²) in [6, 6.07) is -0.00267. The van der Waals surface area contributed by atoms with Gasteiger partial charge in [-0.25, -0.2) is 0 Å². The minimum atomic E-state index is -0.290. The van der Waals surface area contributed by atoms with E-state index in [1.165, 1.54) is 0 Å². The summed E-state index contributed by atoms with van der Waals surface area (Å²) >= 11 is 0. The Balaban J connectivity index is 1.85. The van der Waals surface area contributed by atoms with Crippen molar-refractivity contribution in [1.82, 2.24) is 10.2 Å². The Bertz CT molecular complexity index is 229. The van der Waals surface area contributed by atoms with Crippen molar-refractivity contribution in [3.8, 4) is 0 Å². The highest BCUT2D eigenvalue weighted by Gasteiger charge is 2.31. The summed E-state index contributed by atoms with van der Waals surface area (Å²) in [6.45, 7) is 2.01. The topological polar surface area (TPSA) is 32.3 Å². The van der Waals surface area contributed by atoms with Crippen LogP contribution in [0.3, 0.4) is 0 Å². The molecule has 0 aromatic carbocycles. The summed E-state index contributed by atoms with van der Waals surface area (Å²) in [5.41, 5.74) is 0. The first kappa shape index (κ1) is 10.9. The Hall–Kier alpha value is -0.640. The van der Waals surface area contributed by atoms with Gasteiger partial charge >= 0.3 is 0 Å². The maximum absolute atomic E-state index is 12.4. The Morgan fingerprint density at radius 2 is 2.27 bits per heavy atom. The third kappa shape index (κ3) is 2.48. The smallest absolute Gasteiger partial charge is 0.239 e. The molecule has 15 heavy (non-hydrogen) atoms. The molecule has 2 heterocycles. The maximum Gasteiger partial charge on any atom is 0.239 e. The van der Waals surface area contributed by atoms with Gasteiger partial charge in [-0.05, 0) is 25.8 Å². The van der Waals surface area contributed by atoms with Gasteiger partial charge in [0.2, 0.25) is 5.91 Å². The van der Waals surface area contributed by atoms with Crippen LogP contribution in [0, 0.1) is 5.92 Å². The third-order valence-corrected chi connectivity index (χ3v) is 3.42. The van der Waals surface area contributed by atoms with E-state index in [-0.39, 0.29) is 24.5 Å². The number of piperidine rings is 1. The summed E-state index contributed by atoms with van der Waals surface area (Å²) in [5, 5.41) is 3.24. The molecule has 0 aromatic heterocycles. The number of likely N-dealkylation sites (tertiary alicyclic amines) is 1. The predicted molar refractivity (Wildman–Crippen MR) is 56.3 cm³/mol. The van der Waals surface area contributed by atoms with Gasteiger partial charge in [-0.1, -0.05) is 6.42 Å². The fourth-order valence-corrected chi connectivity index (χ4v) is 2.44. The zero-order valence-electron chi connectivity index (χ0n) is 9.04. The van der Waals surface area contributed by atoms with Gasteiger partial charge in [0.15, 0.2) is 0 Å². The summed E-state index contributed by atoms with van der Waals surface area (Å²) in [4.78, 5) is 13.8. The molecule has 4 heteroatoms. The van der Waals surface area contributed by atoms with E-state index >= 15 is 0 Å². The number of carbonyl (C=O) groups is 1. The second-order valence-corrected chi connectivity index (χ2v) is 4.60. The van der Waals surface area contributed by atoms with Gasteiger partial charge in [0.25, 0.3) is 0 Å². The number of nitrogens with zero attached hydrogens (tertiary/aromatic N) is 1. The average Bonchev–Trinajstić information content (AvgIpc) is 2.78. The number of amides is 1. The molecule has 2 fully saturated rings. The fraction of sp³-hybridized carbons (Fsp3) is 0.909. The Labute approximate surface area is 90.0 Å². The molecule has 0 bridgehead atoms. The fourth-order valence-electron chi connectivity index (χ4n) is 2.44. The second-order valence-electron chi connectivity index (χ2n) is 4.60. The van der Waals surface area contributed by atoms with Gasteiger partial charge in [-0.2, -0.15) is 0 Å². The minimum absolute atomic E-state index is 0.00267. The molecule has 0 radical (unpaired) electrons. The number of rotatable bonds is 2. The zero-order chi connectivity index (χ0) is 10.7. The molecular formula is C11H19FN2O. The van der Waals surface area contributed by atoms with Crippen LogP contribution in [-0.2, 0) is 4.79 Å². The van der Waals surface area contributed by atoms with E-state index in [1.807, 2.05) is 4.90 Å². The summed E-state index contributed by atoms with van der Waals surface area (Å²) in [5.74, 6) is 0.267. The van der Waals surface area contributed by atoms with Gasteiger partial charge in [-0.3, -0.25) is 9.18 Å². The molecule has 3 nitrogen and oxygen atoms in total. The van der Waals surface area contributed by atoms with Crippen LogP contribution in [0.2, 0.25) is 0 Å². The summed E-state index contributed by atoms with van der Waals surface area (Å²) < 4.78 is 12.4. The lowest BCUT2D eigenvalue weighted by atomic mass is 10.0. The van der Waals surface area contributed by atoms with Crippen molar-refractivity contribution in [1.29, 1.82) is 0 Å². The molecule has 2 saturated heterocycles. The molecule has 1 amide bonds. The monoisotopic (exact) mass is 214 g/mol. The van der Waals surface area contributed by atoms with Crippen LogP contribution in [-0.4, -0.2) is 43.2 Å². The lowest BCUT2D eigenvalue weighted by molar-refractivity contribution is -0.133. The Morgan fingerprint density at radius 1 is 1.40 bits per heavy atom. The molecule has 0 spiro atoms. The third-order valence-electron chi connectivity index (χ3n) is 3.42. The Morgan fingerprint density at radius 3 is 2.87 bits per heavy atom. The number of nitrogens with one attached hydrogen (secondary N) is 1. The molecule has 2 aliphatic heterocycles. The molecule has 0 aromatic rings. The van der Waals surface area contributed by atoms with E-state index in [1.54, 1.807) is 0 Å². The number of hydrogen-bond donors (Lipinski definition) is 1. The van der Waals surface area contributed by atoms with E-state index in [0.29, 0.717) is 6.54 Å². The zero-order valence-corrected chi connectivity index (χ0v) is 9.04. The van der Waals surface area contributed by atoms with Crippen LogP contribution < -0.4 is 5.32 Å². The summed E-state index contributed by atoms with van der Waals surface area (Å²) in [7, 11) is 0. The van der Waals surface area contributed by atoms with Crippen molar-refractivity contribution in [2.75, 3.05) is 26.3 Å². The predicted octanol–water partition coefficient (Wildman–Crippen LogP) is 0.946. The van der Waals surface area contributed by atoms with Crippen LogP contribution in [0.1, 0.15) is 25.7 Å². The lowest BCUT2D eigenvalue weighted by Crippen LogP contribution is -2.47. The van der Waals surface area contributed by atoms with Crippen molar-refractivity contribution >= 4 is 5.91 Å². The first-order chi connectivity index (χ1) is 7.31. The largest absolute Gasteiger partial charge is 0.341 e. The van der Waals surface area contributed by atoms with Crippen molar-refractivity contribution in [2.45, 2.75) is 31.7 Å². The van der Waals surface area contributed by atoms with Gasteiger partial charge in [-0.15, -0.1) is 0 Å². The van der Waals surface area contributed by atoms with Crippen LogP contribution in [0.15, 0.2) is 0 Å². The van der Waals surface area contributed by atoms with Crippen molar-refractivity contribution in [3.63, 3.8) is 0 Å². The molecule has 2 unspecified atom stereocenters. The van der Waals surface area contributed by atoms with E-state index < -0.39 is 0 Å². The first-order valence-corrected chi connectivity index (χ1v) is 5.89. The van der Waals surface area contributed by atoms with E-state index in [4.69, 9.17) is 0 Å². The van der Waals surface area contributed by atoms with Gasteiger partial charge in [0.1, 0.15) is 0 Å². The van der Waals surface area contributed by atoms with Crippen molar-refractivity contribution in [3.05, 3.63) is 0 Å². The van der Waals surface area contributed by atoms with Gasteiger partial charge < -0.3 is 10.2 Å². The normalized spacial score (nSPS) is 31.9. The molecular weight excluding hydrogens is 195 g/mol. The minimum Gasteiger partial charge on any atom is -0.341 e. The van der Waals surface area contributed by atoms with E-state index in [2.05, 4.69) is 5.32 Å². The van der Waals surface area contributed by atoms with Crippen molar-refractivity contribution < 1.29 is 9.18 Å². The highest BCUT2D eigenvalue weighted by atomic mass is 19.1. The number of hydrogen-bond acceptors (Lipinski definition) is 2. The average molecular weight is 214 g/mol. The van der Waals surface area contributed by atoms with E-state index in [9.17, 15) is 9.18 Å². The van der Waals surface area contributed by atoms with Crippen LogP contribution in [0.5, 0.6) is 0 Å². The van der Waals surface area contributed by atoms with Crippen LogP contribution >= 0.6 is 0 Å². The van der Waals surface area contributed by atoms with E-state index in [0.717, 1.165) is 38.8 Å². The van der Waals surface area contributed by atoms with Crippen molar-refractivity contribution in [2.24, 2.45) is 5.92 Å². The quantitative estimate of drug-likeness (QED) is 0.742. The number of carbonyl (C=O) groups excluding carboxylic acids is 1. The molecule has 86 valence electrons. The standard InChI is InChI=1S/C11H19FN2O/c12-7-9-4-6-14(8-9)11(15)10-3-1-2-5-13-10/h9-10,13H,1-8H2. The van der Waals surface area contributed by atoms with Crippen LogP contribution in [0.25, 0.3) is 0 Å². The Kier molecular flexibility index (Phi) is 3.57. The molecule has 0 aliphatic carbocycles. The first-order valence-electron chi connectivity index (χ1n) is 5.89. The maximum atomic E-state index is 12.4. The highest BCUT2D eigenvalue weighted by Crippen LogP contribution is 2.19. The molecule has 0 saturated carbocycles. The number of alkyl halides is 1. The highest BCUT2D eigenvalue weighted by molar-refractivity contribution is 5.82. The molecule has 2 rings (SSSR count). The van der Waals surface area contributed by atoms with Gasteiger partial charge in [0, 0.05) is 19.0 Å². The van der Waals surface area contributed by atoms with Gasteiger partial charge in [0.05, 0.1) is 12.7 Å². The second kappa shape index (κ2) is 4.92.